The summed E-state index contributed by atoms with van der Waals surface area (Å²) >= 11 is 1.02. The van der Waals surface area contributed by atoms with Crippen molar-refractivity contribution in [1.82, 2.24) is 9.62 Å². The molecule has 1 aliphatic carbocycles. The van der Waals surface area contributed by atoms with Crippen LogP contribution < -0.4 is 15.2 Å². The number of nitrogens with one attached hydrogen (secondary N) is 1. The maximum atomic E-state index is 16.1. The highest BCUT2D eigenvalue weighted by atomic mass is 32.2. The molecule has 0 bridgehead atoms. The smallest absolute Gasteiger partial charge is 0.298 e. The van der Waals surface area contributed by atoms with E-state index in [9.17, 15) is 4.79 Å². The van der Waals surface area contributed by atoms with E-state index in [1.807, 2.05) is 24.3 Å². The molecule has 0 spiro atoms. The zero-order valence-electron chi connectivity index (χ0n) is 23.6. The number of alkyl halides is 2. The molecule has 3 N–H and O–H groups in total. The second kappa shape index (κ2) is 14.8. The molecule has 1 atom stereocenters. The van der Waals surface area contributed by atoms with Gasteiger partial charge in [0.25, 0.3) is 5.92 Å². The van der Waals surface area contributed by atoms with E-state index < -0.39 is 17.9 Å². The lowest BCUT2D eigenvalue weighted by molar-refractivity contribution is -0.145. The third kappa shape index (κ3) is 8.31. The van der Waals surface area contributed by atoms with Crippen molar-refractivity contribution >= 4 is 23.4 Å². The number of hydrogen-bond donors (Lipinski definition) is 2. The Labute approximate surface area is 247 Å². The van der Waals surface area contributed by atoms with Crippen LogP contribution >= 0.6 is 11.9 Å². The van der Waals surface area contributed by atoms with Gasteiger partial charge in [0.15, 0.2) is 6.04 Å². The molecule has 220 valence electrons. The van der Waals surface area contributed by atoms with Crippen LogP contribution in [-0.4, -0.2) is 42.6 Å². The molecule has 8 heteroatoms. The number of piperidine rings is 1. The Morgan fingerprint density at radius 3 is 2.32 bits per heavy atom. The van der Waals surface area contributed by atoms with E-state index in [1.54, 1.807) is 30.4 Å². The number of likely N-dealkylation sites (tertiary alicyclic amines) is 1. The van der Waals surface area contributed by atoms with E-state index in [-0.39, 0.29) is 11.6 Å². The van der Waals surface area contributed by atoms with Gasteiger partial charge in [0.1, 0.15) is 5.75 Å². The van der Waals surface area contributed by atoms with Gasteiger partial charge in [-0.2, -0.15) is 8.78 Å². The van der Waals surface area contributed by atoms with Gasteiger partial charge < -0.3 is 15.4 Å². The Morgan fingerprint density at radius 1 is 1.05 bits per heavy atom. The number of halogens is 2. The number of hydrogen-bond acceptors (Lipinski definition) is 5. The van der Waals surface area contributed by atoms with Gasteiger partial charge in [-0.3, -0.25) is 4.79 Å². The van der Waals surface area contributed by atoms with Gasteiger partial charge in [0, 0.05) is 29.6 Å². The minimum absolute atomic E-state index is 0.0191. The zero-order valence-corrected chi connectivity index (χ0v) is 24.4. The maximum Gasteiger partial charge on any atom is 0.298 e. The quantitative estimate of drug-likeness (QED) is 0.207. The van der Waals surface area contributed by atoms with Gasteiger partial charge in [-0.25, -0.2) is 4.72 Å². The van der Waals surface area contributed by atoms with Crippen LogP contribution in [-0.2, 0) is 10.7 Å². The lowest BCUT2D eigenvalue weighted by Crippen LogP contribution is -2.55. The average molecular weight is 582 g/mol. The third-order valence-corrected chi connectivity index (χ3v) is 8.77. The number of nitrogens with zero attached hydrogens (tertiary/aromatic N) is 1. The normalized spacial score (nSPS) is 18.1. The number of nitrogens with two attached hydrogens (primary N) is 1. The first-order valence-corrected chi connectivity index (χ1v) is 15.3. The highest BCUT2D eigenvalue weighted by Crippen LogP contribution is 2.36. The standard InChI is InChI=1S/C33H41F2N3O2S/c1-3-8-25(4-2)26-11-13-27(14-12-26)33(34,35)31(32(39)38-21-19-28(36)20-22-38)37-41-30-17-15-29(16-18-30)40-23-24-9-6-5-7-10-24/h3-4,8,11-18,24,28,31,37H,1-2,5-7,9-10,19-23,36H2/b25-8+. The van der Waals surface area contributed by atoms with Crippen LogP contribution in [0.4, 0.5) is 8.78 Å². The Balaban J connectivity index is 1.48. The maximum absolute atomic E-state index is 16.1. The highest BCUT2D eigenvalue weighted by Gasteiger charge is 2.48. The van der Waals surface area contributed by atoms with Gasteiger partial charge in [-0.1, -0.05) is 74.9 Å². The molecule has 2 aromatic rings. The van der Waals surface area contributed by atoms with E-state index in [0.717, 1.165) is 28.8 Å². The molecular weight excluding hydrogens is 540 g/mol. The summed E-state index contributed by atoms with van der Waals surface area (Å²) in [5.41, 5.74) is 7.26. The molecule has 1 saturated heterocycles. The fourth-order valence-electron chi connectivity index (χ4n) is 5.34. The summed E-state index contributed by atoms with van der Waals surface area (Å²) in [5.74, 6) is -2.76. The number of carbonyl (C=O) groups excluding carboxylic acids is 1. The van der Waals surface area contributed by atoms with Crippen molar-refractivity contribution in [1.29, 1.82) is 0 Å². The zero-order chi connectivity index (χ0) is 29.2. The number of ether oxygens (including phenoxy) is 1. The van der Waals surface area contributed by atoms with Gasteiger partial charge in [0.05, 0.1) is 6.61 Å². The highest BCUT2D eigenvalue weighted by molar-refractivity contribution is 7.97. The van der Waals surface area contributed by atoms with Crippen LogP contribution in [0.5, 0.6) is 5.75 Å². The Hall–Kier alpha value is -2.94. The molecule has 2 aliphatic rings. The fraction of sp³-hybridized carbons (Fsp3) is 0.424. The van der Waals surface area contributed by atoms with Gasteiger partial charge in [-0.15, -0.1) is 0 Å². The Bertz CT molecular complexity index is 1190. The summed E-state index contributed by atoms with van der Waals surface area (Å²) in [6.07, 6.45) is 12.4. The van der Waals surface area contributed by atoms with Crippen molar-refractivity contribution in [3.05, 3.63) is 91.0 Å². The van der Waals surface area contributed by atoms with Crippen molar-refractivity contribution in [2.45, 2.75) is 67.8 Å². The second-order valence-corrected chi connectivity index (χ2v) is 11.8. The molecule has 0 aromatic heterocycles. The van der Waals surface area contributed by atoms with E-state index in [2.05, 4.69) is 17.9 Å². The van der Waals surface area contributed by atoms with Crippen molar-refractivity contribution < 1.29 is 18.3 Å². The Kier molecular flexibility index (Phi) is 11.2. The summed E-state index contributed by atoms with van der Waals surface area (Å²) in [7, 11) is 0. The summed E-state index contributed by atoms with van der Waals surface area (Å²) < 4.78 is 41.0. The second-order valence-electron chi connectivity index (χ2n) is 10.9. The van der Waals surface area contributed by atoms with Crippen molar-refractivity contribution in [2.75, 3.05) is 19.7 Å². The molecular formula is C33H41F2N3O2S. The first-order valence-electron chi connectivity index (χ1n) is 14.4. The molecule has 1 unspecified atom stereocenters. The average Bonchev–Trinajstić information content (AvgIpc) is 3.00. The van der Waals surface area contributed by atoms with Crippen LogP contribution in [0.25, 0.3) is 5.57 Å². The molecule has 0 radical (unpaired) electrons. The lowest BCUT2D eigenvalue weighted by atomic mass is 9.90. The predicted octanol–water partition coefficient (Wildman–Crippen LogP) is 7.11. The SMILES string of the molecule is C=C/C=C(\C=C)c1ccc(C(F)(F)C(NSc2ccc(OCC3CCCCC3)cc2)C(=O)N2CCC(N)CC2)cc1. The van der Waals surface area contributed by atoms with Crippen LogP contribution in [0.1, 0.15) is 56.1 Å². The first kappa shape index (κ1) is 31.0. The lowest BCUT2D eigenvalue weighted by Gasteiger charge is -2.35. The predicted molar refractivity (Wildman–Crippen MR) is 164 cm³/mol. The van der Waals surface area contributed by atoms with Gasteiger partial charge >= 0.3 is 0 Å². The van der Waals surface area contributed by atoms with Crippen molar-refractivity contribution in [3.63, 3.8) is 0 Å². The minimum atomic E-state index is -3.47. The number of amides is 1. The van der Waals surface area contributed by atoms with Crippen molar-refractivity contribution in [2.24, 2.45) is 11.7 Å². The van der Waals surface area contributed by atoms with E-state index >= 15 is 8.78 Å². The molecule has 5 nitrogen and oxygen atoms in total. The molecule has 1 saturated carbocycles. The van der Waals surface area contributed by atoms with Gasteiger partial charge in [0.2, 0.25) is 5.91 Å². The third-order valence-electron chi connectivity index (χ3n) is 7.91. The molecule has 1 amide bonds. The fourth-order valence-corrected chi connectivity index (χ4v) is 6.12. The summed E-state index contributed by atoms with van der Waals surface area (Å²) in [5, 5.41) is 0. The van der Waals surface area contributed by atoms with E-state index in [0.29, 0.717) is 43.4 Å². The largest absolute Gasteiger partial charge is 0.493 e. The number of allylic oxidation sites excluding steroid dienone is 4. The molecule has 41 heavy (non-hydrogen) atoms. The minimum Gasteiger partial charge on any atom is -0.493 e. The van der Waals surface area contributed by atoms with E-state index in [4.69, 9.17) is 10.5 Å². The monoisotopic (exact) mass is 581 g/mol. The molecule has 1 aliphatic heterocycles. The van der Waals surface area contributed by atoms with E-state index in [1.165, 1.54) is 49.1 Å². The van der Waals surface area contributed by atoms with Crippen LogP contribution in [0.2, 0.25) is 0 Å². The molecule has 1 heterocycles. The molecule has 2 aromatic carbocycles. The van der Waals surface area contributed by atoms with Crippen LogP contribution in [0, 0.1) is 5.92 Å². The number of rotatable bonds is 12. The van der Waals surface area contributed by atoms with Crippen LogP contribution in [0.3, 0.4) is 0 Å². The summed E-state index contributed by atoms with van der Waals surface area (Å²) in [4.78, 5) is 15.7. The summed E-state index contributed by atoms with van der Waals surface area (Å²) in [6, 6.07) is 11.5. The van der Waals surface area contributed by atoms with Crippen LogP contribution in [0.15, 0.2) is 84.8 Å². The molecule has 4 rings (SSSR count). The topological polar surface area (TPSA) is 67.6 Å². The van der Waals surface area contributed by atoms with Gasteiger partial charge in [-0.05, 0) is 79.0 Å². The summed E-state index contributed by atoms with van der Waals surface area (Å²) in [6.45, 7) is 8.89. The first-order chi connectivity index (χ1) is 19.8. The number of benzene rings is 2. The molecule has 2 fully saturated rings. The van der Waals surface area contributed by atoms with Crippen molar-refractivity contribution in [3.8, 4) is 5.75 Å². The Morgan fingerprint density at radius 2 is 1.71 bits per heavy atom. The number of carbonyl (C=O) groups is 1.